The molecule has 202 valence electrons. The summed E-state index contributed by atoms with van der Waals surface area (Å²) in [6, 6.07) is 9.66. The minimum atomic E-state index is -3.70. The van der Waals surface area contributed by atoms with E-state index in [2.05, 4.69) is 16.4 Å². The number of halogens is 2. The normalized spacial score (nSPS) is 25.3. The van der Waals surface area contributed by atoms with Gasteiger partial charge in [0.25, 0.3) is 10.1 Å². The fourth-order valence-corrected chi connectivity index (χ4v) is 5.45. The van der Waals surface area contributed by atoms with Crippen molar-refractivity contribution < 1.29 is 31.2 Å². The lowest BCUT2D eigenvalue weighted by Gasteiger charge is -2.25. The van der Waals surface area contributed by atoms with E-state index in [0.29, 0.717) is 16.7 Å². The van der Waals surface area contributed by atoms with E-state index < -0.39 is 40.4 Å². The highest BCUT2D eigenvalue weighted by atomic mass is 35.5. The number of nitriles is 1. The molecule has 0 aliphatic carbocycles. The van der Waals surface area contributed by atoms with Gasteiger partial charge in [-0.15, -0.1) is 0 Å². The fourth-order valence-electron chi connectivity index (χ4n) is 4.86. The topological polar surface area (TPSA) is 125 Å². The Morgan fingerprint density at radius 3 is 2.61 bits per heavy atom. The van der Waals surface area contributed by atoms with E-state index in [1.54, 1.807) is 42.8 Å². The number of hydrogen-bond acceptors (Lipinski definition) is 9. The van der Waals surface area contributed by atoms with Gasteiger partial charge < -0.3 is 24.1 Å². The number of pyridine rings is 1. The van der Waals surface area contributed by atoms with Crippen molar-refractivity contribution in [3.8, 4) is 6.07 Å². The van der Waals surface area contributed by atoms with Crippen LogP contribution >= 0.6 is 11.6 Å². The van der Waals surface area contributed by atoms with Crippen molar-refractivity contribution in [2.45, 2.75) is 57.1 Å². The van der Waals surface area contributed by atoms with Crippen LogP contribution in [0, 0.1) is 17.1 Å². The molecule has 2 saturated heterocycles. The molecule has 0 spiro atoms. The summed E-state index contributed by atoms with van der Waals surface area (Å²) < 4.78 is 61.7. The number of fused-ring (bicyclic) bond motifs is 2. The number of nitrogens with zero attached hydrogens (tertiary/aromatic N) is 3. The summed E-state index contributed by atoms with van der Waals surface area (Å²) in [5.74, 6) is -1.28. The Kier molecular flexibility index (Phi) is 6.88. The number of hydrogen-bond donors (Lipinski definition) is 1. The van der Waals surface area contributed by atoms with Crippen LogP contribution in [0.5, 0.6) is 0 Å². The predicted molar refractivity (Wildman–Crippen MR) is 136 cm³/mol. The van der Waals surface area contributed by atoms with E-state index in [-0.39, 0.29) is 29.2 Å². The first-order valence-corrected chi connectivity index (χ1v) is 14.0. The average molecular weight is 565 g/mol. The lowest BCUT2D eigenvalue weighted by Crippen LogP contribution is -2.33. The average Bonchev–Trinajstić information content (AvgIpc) is 3.48. The van der Waals surface area contributed by atoms with Crippen LogP contribution in [0.15, 0.2) is 36.5 Å². The lowest BCUT2D eigenvalue weighted by molar-refractivity contribution is -0.198. The maximum absolute atomic E-state index is 13.4. The summed E-state index contributed by atoms with van der Waals surface area (Å²) in [5, 5.41) is 13.8. The van der Waals surface area contributed by atoms with Crippen LogP contribution in [0.3, 0.4) is 0 Å². The third-order valence-electron chi connectivity index (χ3n) is 6.51. The van der Waals surface area contributed by atoms with Crippen LogP contribution in [-0.4, -0.2) is 54.9 Å². The van der Waals surface area contributed by atoms with Crippen molar-refractivity contribution in [2.75, 3.05) is 18.2 Å². The van der Waals surface area contributed by atoms with Crippen molar-refractivity contribution in [3.63, 3.8) is 0 Å². The van der Waals surface area contributed by atoms with Crippen LogP contribution in [0.4, 0.5) is 10.1 Å². The summed E-state index contributed by atoms with van der Waals surface area (Å²) in [4.78, 5) is 4.48. The molecule has 5 atom stereocenters. The Hall–Kier alpha value is -2.79. The summed E-state index contributed by atoms with van der Waals surface area (Å²) in [6.45, 7) is 5.16. The van der Waals surface area contributed by atoms with Gasteiger partial charge in [0.2, 0.25) is 0 Å². The fraction of sp³-hybridized carbons (Fsp3) is 0.440. The molecule has 4 heterocycles. The van der Waals surface area contributed by atoms with Crippen LogP contribution in [0.2, 0.25) is 5.15 Å². The molecule has 0 radical (unpaired) electrons. The molecule has 2 aliphatic heterocycles. The van der Waals surface area contributed by atoms with Gasteiger partial charge in [-0.2, -0.15) is 13.7 Å². The van der Waals surface area contributed by atoms with E-state index in [1.165, 1.54) is 12.1 Å². The van der Waals surface area contributed by atoms with Crippen molar-refractivity contribution in [2.24, 2.45) is 0 Å². The van der Waals surface area contributed by atoms with Crippen molar-refractivity contribution >= 4 is 38.4 Å². The number of aromatic nitrogens is 2. The smallest absolute Gasteiger partial charge is 0.264 e. The van der Waals surface area contributed by atoms with E-state index >= 15 is 0 Å². The highest BCUT2D eigenvalue weighted by Crippen LogP contribution is 2.45. The zero-order valence-corrected chi connectivity index (χ0v) is 22.6. The van der Waals surface area contributed by atoms with Crippen LogP contribution < -0.4 is 5.32 Å². The van der Waals surface area contributed by atoms with Gasteiger partial charge in [-0.05, 0) is 44.5 Å². The molecular weight excluding hydrogens is 539 g/mol. The van der Waals surface area contributed by atoms with Crippen LogP contribution in [-0.2, 0) is 28.5 Å². The first-order chi connectivity index (χ1) is 17.9. The first kappa shape index (κ1) is 26.8. The van der Waals surface area contributed by atoms with E-state index in [0.717, 1.165) is 11.8 Å². The second-order valence-corrected chi connectivity index (χ2v) is 11.8. The molecule has 0 saturated carbocycles. The summed E-state index contributed by atoms with van der Waals surface area (Å²) in [5.41, 5.74) is 1.86. The maximum atomic E-state index is 13.4. The standard InChI is InChI=1S/C25H26ClFN4O6S/c1-13(14-5-7-15(27)8-6-14)29-19-16-9-10-31(23(16)30-22(26)17(19)11-28)24-21-20(36-25(2,3)37-21)18(35-24)12-34-38(4,32)33/h5-10,13,18,20-21,24H,12H2,1-4H3,(H,29,30)/t13?,18-,20-,21-,24-/m1/s1. The number of rotatable bonds is 7. The second-order valence-electron chi connectivity index (χ2n) is 9.76. The van der Waals surface area contributed by atoms with Crippen molar-refractivity contribution in [1.29, 1.82) is 5.26 Å². The Morgan fingerprint density at radius 1 is 1.26 bits per heavy atom. The third-order valence-corrected chi connectivity index (χ3v) is 7.34. The van der Waals surface area contributed by atoms with E-state index in [4.69, 9.17) is 30.0 Å². The van der Waals surface area contributed by atoms with Crippen molar-refractivity contribution in [3.05, 3.63) is 58.6 Å². The molecule has 1 N–H and O–H groups in total. The van der Waals surface area contributed by atoms with Gasteiger partial charge in [0.15, 0.2) is 17.2 Å². The molecule has 2 aromatic heterocycles. The van der Waals surface area contributed by atoms with Crippen LogP contribution in [0.1, 0.15) is 44.2 Å². The van der Waals surface area contributed by atoms with Gasteiger partial charge in [0.1, 0.15) is 41.4 Å². The molecule has 1 unspecified atom stereocenters. The number of benzene rings is 1. The summed E-state index contributed by atoms with van der Waals surface area (Å²) in [6.07, 6.45) is 0.0276. The number of ether oxygens (including phenoxy) is 3. The Balaban J connectivity index is 1.53. The van der Waals surface area contributed by atoms with Gasteiger partial charge in [-0.25, -0.2) is 9.37 Å². The molecule has 3 aromatic rings. The zero-order valence-electron chi connectivity index (χ0n) is 21.0. The predicted octanol–water partition coefficient (Wildman–Crippen LogP) is 4.27. The first-order valence-electron chi connectivity index (χ1n) is 11.8. The minimum absolute atomic E-state index is 0.0100. The number of anilines is 1. The molecular formula is C25H26ClFN4O6S. The SMILES string of the molecule is CC(Nc1c(C#N)c(Cl)nc2c1ccn2[C@@H]1O[C@H](COS(C)(=O)=O)[C@H]2OC(C)(C)O[C@H]21)c1ccc(F)cc1. The monoisotopic (exact) mass is 564 g/mol. The number of nitrogens with one attached hydrogen (secondary N) is 1. The van der Waals surface area contributed by atoms with Gasteiger partial charge >= 0.3 is 0 Å². The molecule has 1 aromatic carbocycles. The van der Waals surface area contributed by atoms with Gasteiger partial charge in [-0.1, -0.05) is 23.7 Å². The van der Waals surface area contributed by atoms with E-state index in [1.807, 2.05) is 6.92 Å². The zero-order chi connectivity index (χ0) is 27.4. The van der Waals surface area contributed by atoms with Crippen LogP contribution in [0.25, 0.3) is 11.0 Å². The largest absolute Gasteiger partial charge is 0.377 e. The maximum Gasteiger partial charge on any atom is 0.264 e. The summed E-state index contributed by atoms with van der Waals surface area (Å²) in [7, 11) is -3.70. The Morgan fingerprint density at radius 2 is 1.95 bits per heavy atom. The molecule has 38 heavy (non-hydrogen) atoms. The molecule has 2 fully saturated rings. The molecule has 10 nitrogen and oxygen atoms in total. The molecule has 5 rings (SSSR count). The molecule has 2 aliphatic rings. The van der Waals surface area contributed by atoms with Gasteiger partial charge in [-0.3, -0.25) is 4.18 Å². The highest BCUT2D eigenvalue weighted by Gasteiger charge is 2.56. The highest BCUT2D eigenvalue weighted by molar-refractivity contribution is 7.85. The van der Waals surface area contributed by atoms with E-state index in [9.17, 15) is 18.1 Å². The Labute approximate surface area is 224 Å². The molecule has 13 heteroatoms. The summed E-state index contributed by atoms with van der Waals surface area (Å²) >= 11 is 6.46. The lowest BCUT2D eigenvalue weighted by atomic mass is 10.1. The Bertz CT molecular complexity index is 1520. The second kappa shape index (κ2) is 9.75. The quantitative estimate of drug-likeness (QED) is 0.331. The third kappa shape index (κ3) is 5.10. The minimum Gasteiger partial charge on any atom is -0.377 e. The molecule has 0 bridgehead atoms. The van der Waals surface area contributed by atoms with Gasteiger partial charge in [0.05, 0.1) is 18.6 Å². The molecule has 0 amide bonds. The van der Waals surface area contributed by atoms with Gasteiger partial charge in [0, 0.05) is 17.6 Å². The van der Waals surface area contributed by atoms with Crippen molar-refractivity contribution in [1.82, 2.24) is 9.55 Å².